The fourth-order valence-electron chi connectivity index (χ4n) is 3.11. The van der Waals surface area contributed by atoms with E-state index in [0.717, 1.165) is 48.3 Å². The van der Waals surface area contributed by atoms with Gasteiger partial charge >= 0.3 is 6.03 Å². The van der Waals surface area contributed by atoms with Gasteiger partial charge < -0.3 is 21.3 Å². The lowest BCUT2D eigenvalue weighted by Gasteiger charge is -2.17. The number of carbonyl (C=O) groups excluding carboxylic acids is 2. The molecule has 1 atom stereocenters. The van der Waals surface area contributed by atoms with Crippen molar-refractivity contribution in [3.05, 3.63) is 65.2 Å². The zero-order valence-corrected chi connectivity index (χ0v) is 15.6. The number of nitrogens with zero attached hydrogens (tertiary/aromatic N) is 1. The monoisotopic (exact) mass is 366 g/mol. The van der Waals surface area contributed by atoms with Crippen molar-refractivity contribution in [2.24, 2.45) is 5.73 Å². The van der Waals surface area contributed by atoms with Gasteiger partial charge in [-0.3, -0.25) is 4.79 Å². The summed E-state index contributed by atoms with van der Waals surface area (Å²) in [6.07, 6.45) is 2.11. The molecule has 6 heteroatoms. The van der Waals surface area contributed by atoms with Gasteiger partial charge in [0.15, 0.2) is 0 Å². The number of rotatable bonds is 5. The number of nitrogens with one attached hydrogen (secondary N) is 2. The molecule has 6 nitrogen and oxygen atoms in total. The second-order valence-corrected chi connectivity index (χ2v) is 6.93. The number of likely N-dealkylation sites (tertiary alicyclic amines) is 1. The minimum Gasteiger partial charge on any atom is -0.350 e. The molecule has 1 aliphatic rings. The highest BCUT2D eigenvalue weighted by atomic mass is 16.2. The third-order valence-corrected chi connectivity index (χ3v) is 4.76. The van der Waals surface area contributed by atoms with Crippen LogP contribution in [0.4, 0.5) is 10.5 Å². The number of hydrogen-bond donors (Lipinski definition) is 3. The quantitative estimate of drug-likeness (QED) is 0.760. The summed E-state index contributed by atoms with van der Waals surface area (Å²) in [5, 5.41) is 5.78. The summed E-state index contributed by atoms with van der Waals surface area (Å²) in [5.41, 5.74) is 9.58. The molecule has 27 heavy (non-hydrogen) atoms. The van der Waals surface area contributed by atoms with Crippen LogP contribution in [-0.4, -0.2) is 29.9 Å². The van der Waals surface area contributed by atoms with Gasteiger partial charge in [0.2, 0.25) is 5.91 Å². The maximum atomic E-state index is 12.3. The van der Waals surface area contributed by atoms with E-state index < -0.39 is 6.04 Å². The number of benzene rings is 2. The first-order valence-corrected chi connectivity index (χ1v) is 9.27. The van der Waals surface area contributed by atoms with Gasteiger partial charge in [0, 0.05) is 25.3 Å². The molecule has 4 N–H and O–H groups in total. The number of hydrogen-bond acceptors (Lipinski definition) is 3. The lowest BCUT2D eigenvalue weighted by Crippen LogP contribution is -2.33. The second-order valence-electron chi connectivity index (χ2n) is 6.93. The Hall–Kier alpha value is -2.86. The van der Waals surface area contributed by atoms with E-state index in [1.165, 1.54) is 0 Å². The van der Waals surface area contributed by atoms with Crippen molar-refractivity contribution in [1.29, 1.82) is 0 Å². The Morgan fingerprint density at radius 2 is 1.81 bits per heavy atom. The first kappa shape index (κ1) is 18.9. The molecular weight excluding hydrogens is 340 g/mol. The Balaban J connectivity index is 1.55. The molecule has 2 aromatic carbocycles. The fourth-order valence-corrected chi connectivity index (χ4v) is 3.11. The lowest BCUT2D eigenvalue weighted by atomic mass is 10.1. The van der Waals surface area contributed by atoms with Crippen LogP contribution in [0.25, 0.3) is 0 Å². The summed E-state index contributed by atoms with van der Waals surface area (Å²) < 4.78 is 0. The normalized spacial score (nSPS) is 14.7. The van der Waals surface area contributed by atoms with Gasteiger partial charge in [-0.15, -0.1) is 0 Å². The number of anilines is 1. The van der Waals surface area contributed by atoms with E-state index in [-0.39, 0.29) is 11.9 Å². The van der Waals surface area contributed by atoms with Gasteiger partial charge in [0.1, 0.15) is 6.04 Å². The zero-order valence-electron chi connectivity index (χ0n) is 15.6. The Morgan fingerprint density at radius 3 is 2.52 bits per heavy atom. The van der Waals surface area contributed by atoms with Gasteiger partial charge in [0.05, 0.1) is 0 Å². The molecule has 0 bridgehead atoms. The maximum Gasteiger partial charge on any atom is 0.321 e. The standard InChI is InChI=1S/C21H26N4O2/c1-15-7-9-17(10-8-15)19(22)20(26)23-14-16-5-4-6-18(13-16)24-21(27)25-11-2-3-12-25/h4-10,13,19H,2-3,11-12,14,22H2,1H3,(H,23,26)(H,24,27). The van der Waals surface area contributed by atoms with Gasteiger partial charge in [-0.1, -0.05) is 42.0 Å². The van der Waals surface area contributed by atoms with Crippen LogP contribution in [0.15, 0.2) is 48.5 Å². The molecule has 1 heterocycles. The molecule has 0 radical (unpaired) electrons. The molecule has 2 aromatic rings. The van der Waals surface area contributed by atoms with Crippen molar-refractivity contribution in [3.8, 4) is 0 Å². The maximum absolute atomic E-state index is 12.3. The summed E-state index contributed by atoms with van der Waals surface area (Å²) in [6.45, 7) is 3.95. The molecule has 3 amide bonds. The molecule has 142 valence electrons. The van der Waals surface area contributed by atoms with Gasteiger partial charge in [0.25, 0.3) is 0 Å². The molecule has 0 aliphatic carbocycles. The van der Waals surface area contributed by atoms with Crippen LogP contribution in [0.1, 0.15) is 35.6 Å². The highest BCUT2D eigenvalue weighted by Gasteiger charge is 2.18. The predicted molar refractivity (Wildman–Crippen MR) is 106 cm³/mol. The number of carbonyl (C=O) groups is 2. The van der Waals surface area contributed by atoms with Crippen molar-refractivity contribution >= 4 is 17.6 Å². The smallest absolute Gasteiger partial charge is 0.321 e. The SMILES string of the molecule is Cc1ccc(C(N)C(=O)NCc2cccc(NC(=O)N3CCCC3)c2)cc1. The topological polar surface area (TPSA) is 87.5 Å². The summed E-state index contributed by atoms with van der Waals surface area (Å²) in [4.78, 5) is 26.3. The third kappa shape index (κ3) is 5.08. The number of amides is 3. The van der Waals surface area contributed by atoms with Crippen molar-refractivity contribution in [2.45, 2.75) is 32.4 Å². The number of nitrogens with two attached hydrogens (primary N) is 1. The van der Waals surface area contributed by atoms with Crippen molar-refractivity contribution in [1.82, 2.24) is 10.2 Å². The van der Waals surface area contributed by atoms with Crippen LogP contribution in [0.5, 0.6) is 0 Å². The Bertz CT molecular complexity index is 798. The van der Waals surface area contributed by atoms with Crippen molar-refractivity contribution in [3.63, 3.8) is 0 Å². The van der Waals surface area contributed by atoms with E-state index >= 15 is 0 Å². The van der Waals surface area contributed by atoms with E-state index in [4.69, 9.17) is 5.73 Å². The first-order chi connectivity index (χ1) is 13.0. The molecule has 3 rings (SSSR count). The molecule has 1 unspecified atom stereocenters. The minimum atomic E-state index is -0.705. The second kappa shape index (κ2) is 8.68. The third-order valence-electron chi connectivity index (χ3n) is 4.76. The molecular formula is C21H26N4O2. The van der Waals surface area contributed by atoms with Crippen LogP contribution in [0, 0.1) is 6.92 Å². The van der Waals surface area contributed by atoms with E-state index in [0.29, 0.717) is 6.54 Å². The average Bonchev–Trinajstić information content (AvgIpc) is 3.21. The largest absolute Gasteiger partial charge is 0.350 e. The highest BCUT2D eigenvalue weighted by molar-refractivity contribution is 5.89. The molecule has 0 aromatic heterocycles. The number of aryl methyl sites for hydroxylation is 1. The summed E-state index contributed by atoms with van der Waals surface area (Å²) >= 11 is 0. The zero-order chi connectivity index (χ0) is 19.2. The average molecular weight is 366 g/mol. The number of urea groups is 1. The van der Waals surface area contributed by atoms with Crippen LogP contribution in [0.2, 0.25) is 0 Å². The van der Waals surface area contributed by atoms with E-state index in [1.54, 1.807) is 0 Å². The van der Waals surface area contributed by atoms with E-state index in [2.05, 4.69) is 10.6 Å². The van der Waals surface area contributed by atoms with Crippen molar-refractivity contribution < 1.29 is 9.59 Å². The van der Waals surface area contributed by atoms with Gasteiger partial charge in [-0.25, -0.2) is 4.79 Å². The molecule has 1 saturated heterocycles. The summed E-state index contributed by atoms with van der Waals surface area (Å²) in [6, 6.07) is 14.3. The van der Waals surface area contributed by atoms with Gasteiger partial charge in [-0.05, 0) is 43.0 Å². The molecule has 1 fully saturated rings. The molecule has 1 aliphatic heterocycles. The van der Waals surface area contributed by atoms with Crippen LogP contribution >= 0.6 is 0 Å². The van der Waals surface area contributed by atoms with Crippen molar-refractivity contribution in [2.75, 3.05) is 18.4 Å². The van der Waals surface area contributed by atoms with E-state index in [9.17, 15) is 9.59 Å². The minimum absolute atomic E-state index is 0.0740. The fraction of sp³-hybridized carbons (Fsp3) is 0.333. The van der Waals surface area contributed by atoms with Crippen LogP contribution < -0.4 is 16.4 Å². The Kier molecular flexibility index (Phi) is 6.08. The lowest BCUT2D eigenvalue weighted by molar-refractivity contribution is -0.122. The Morgan fingerprint density at radius 1 is 1.11 bits per heavy atom. The first-order valence-electron chi connectivity index (χ1n) is 9.27. The summed E-state index contributed by atoms with van der Waals surface area (Å²) in [7, 11) is 0. The molecule has 0 spiro atoms. The van der Waals surface area contributed by atoms with Crippen LogP contribution in [0.3, 0.4) is 0 Å². The summed E-state index contributed by atoms with van der Waals surface area (Å²) in [5.74, 6) is -0.231. The van der Waals surface area contributed by atoms with E-state index in [1.807, 2.05) is 60.4 Å². The Labute approximate surface area is 159 Å². The van der Waals surface area contributed by atoms with Gasteiger partial charge in [-0.2, -0.15) is 0 Å². The van der Waals surface area contributed by atoms with Crippen LogP contribution in [-0.2, 0) is 11.3 Å². The predicted octanol–water partition coefficient (Wildman–Crippen LogP) is 2.94. The molecule has 0 saturated carbocycles. The highest BCUT2D eigenvalue weighted by Crippen LogP contribution is 2.15.